The normalized spacial score (nSPS) is 13.3. The van der Waals surface area contributed by atoms with Gasteiger partial charge in [-0.25, -0.2) is 0 Å². The van der Waals surface area contributed by atoms with Crippen molar-refractivity contribution < 1.29 is 8.73 Å². The molecular weight excluding hydrogens is 272 g/mol. The molecule has 20 heavy (non-hydrogen) atoms. The Bertz CT molecular complexity index is 573. The van der Waals surface area contributed by atoms with Crippen molar-refractivity contribution in [3.05, 3.63) is 47.6 Å². The van der Waals surface area contributed by atoms with Crippen molar-refractivity contribution >= 4 is 10.8 Å². The van der Waals surface area contributed by atoms with Gasteiger partial charge in [-0.05, 0) is 12.0 Å². The topological polar surface area (TPSA) is 56.0 Å². The fraction of sp³-hybridized carbons (Fsp3) is 0.467. The summed E-state index contributed by atoms with van der Waals surface area (Å²) in [5.74, 6) is 2.06. The van der Waals surface area contributed by atoms with E-state index < -0.39 is 10.8 Å². The van der Waals surface area contributed by atoms with Crippen LogP contribution in [-0.2, 0) is 28.4 Å². The number of aromatic nitrogens is 2. The van der Waals surface area contributed by atoms with Gasteiger partial charge in [-0.3, -0.25) is 4.21 Å². The van der Waals surface area contributed by atoms with Crippen LogP contribution in [0, 0.1) is 0 Å². The van der Waals surface area contributed by atoms with E-state index in [1.54, 1.807) is 0 Å². The van der Waals surface area contributed by atoms with E-state index in [1.165, 1.54) is 5.56 Å². The standard InChI is InChI=1S/C15H20N2O2S/c1-15(2,3)14-16-13(19-17-14)11-20(18)10-9-12-7-5-4-6-8-12/h4-8H,9-11H2,1-3H3/t20-/m0/s1. The summed E-state index contributed by atoms with van der Waals surface area (Å²) in [5, 5.41) is 3.94. The van der Waals surface area contributed by atoms with Gasteiger partial charge in [0.25, 0.3) is 0 Å². The molecule has 1 aromatic carbocycles. The maximum absolute atomic E-state index is 12.0. The molecule has 0 N–H and O–H groups in total. The van der Waals surface area contributed by atoms with Gasteiger partial charge in [0, 0.05) is 22.0 Å². The van der Waals surface area contributed by atoms with Crippen molar-refractivity contribution in [2.45, 2.75) is 38.4 Å². The molecule has 1 heterocycles. The summed E-state index contributed by atoms with van der Waals surface area (Å²) < 4.78 is 17.2. The van der Waals surface area contributed by atoms with Gasteiger partial charge in [-0.1, -0.05) is 56.3 Å². The summed E-state index contributed by atoms with van der Waals surface area (Å²) in [6, 6.07) is 10.0. The molecular formula is C15H20N2O2S. The van der Waals surface area contributed by atoms with Crippen LogP contribution in [0.1, 0.15) is 38.0 Å². The molecule has 108 valence electrons. The molecule has 0 aliphatic heterocycles. The number of aryl methyl sites for hydroxylation is 1. The second-order valence-electron chi connectivity index (χ2n) is 5.79. The van der Waals surface area contributed by atoms with Gasteiger partial charge in [0.15, 0.2) is 5.82 Å². The Morgan fingerprint density at radius 2 is 1.90 bits per heavy atom. The van der Waals surface area contributed by atoms with Crippen LogP contribution < -0.4 is 0 Å². The molecule has 0 amide bonds. The van der Waals surface area contributed by atoms with Crippen molar-refractivity contribution in [2.24, 2.45) is 0 Å². The van der Waals surface area contributed by atoms with E-state index in [0.29, 0.717) is 23.2 Å². The van der Waals surface area contributed by atoms with Crippen LogP contribution in [0.5, 0.6) is 0 Å². The zero-order valence-electron chi connectivity index (χ0n) is 12.1. The molecule has 0 aliphatic rings. The monoisotopic (exact) mass is 292 g/mol. The summed E-state index contributed by atoms with van der Waals surface area (Å²) in [7, 11) is -0.981. The van der Waals surface area contributed by atoms with Crippen molar-refractivity contribution in [3.8, 4) is 0 Å². The summed E-state index contributed by atoms with van der Waals surface area (Å²) in [4.78, 5) is 4.31. The predicted octanol–water partition coefficient (Wildman–Crippen LogP) is 2.86. The first-order chi connectivity index (χ1) is 9.45. The maximum atomic E-state index is 12.0. The highest BCUT2D eigenvalue weighted by atomic mass is 32.2. The van der Waals surface area contributed by atoms with Gasteiger partial charge in [0.05, 0.1) is 0 Å². The van der Waals surface area contributed by atoms with E-state index in [4.69, 9.17) is 4.52 Å². The Labute approximate surface area is 122 Å². The number of nitrogens with zero attached hydrogens (tertiary/aromatic N) is 2. The fourth-order valence-electron chi connectivity index (χ4n) is 1.70. The summed E-state index contributed by atoms with van der Waals surface area (Å²) in [5.41, 5.74) is 1.05. The first-order valence-corrected chi connectivity index (χ1v) is 8.16. The van der Waals surface area contributed by atoms with Crippen molar-refractivity contribution in [2.75, 3.05) is 5.75 Å². The molecule has 4 nitrogen and oxygen atoms in total. The van der Waals surface area contributed by atoms with Crippen LogP contribution in [0.4, 0.5) is 0 Å². The van der Waals surface area contributed by atoms with E-state index in [1.807, 2.05) is 51.1 Å². The smallest absolute Gasteiger partial charge is 0.239 e. The van der Waals surface area contributed by atoms with Crippen molar-refractivity contribution in [1.82, 2.24) is 10.1 Å². The molecule has 0 spiro atoms. The van der Waals surface area contributed by atoms with Crippen LogP contribution in [0.3, 0.4) is 0 Å². The van der Waals surface area contributed by atoms with Gasteiger partial charge in [0.2, 0.25) is 5.89 Å². The van der Waals surface area contributed by atoms with Crippen LogP contribution in [0.15, 0.2) is 34.9 Å². The minimum atomic E-state index is -0.981. The molecule has 0 bridgehead atoms. The predicted molar refractivity (Wildman–Crippen MR) is 79.9 cm³/mol. The number of hydrogen-bond donors (Lipinski definition) is 0. The molecule has 0 radical (unpaired) electrons. The minimum absolute atomic E-state index is 0.146. The molecule has 5 heteroatoms. The second kappa shape index (κ2) is 6.31. The summed E-state index contributed by atoms with van der Waals surface area (Å²) in [6.45, 7) is 6.07. The van der Waals surface area contributed by atoms with Crippen LogP contribution >= 0.6 is 0 Å². The van der Waals surface area contributed by atoms with E-state index >= 15 is 0 Å². The molecule has 1 atom stereocenters. The zero-order chi connectivity index (χ0) is 14.6. The number of hydrogen-bond acceptors (Lipinski definition) is 4. The van der Waals surface area contributed by atoms with Gasteiger partial charge in [-0.2, -0.15) is 4.98 Å². The van der Waals surface area contributed by atoms with Crippen LogP contribution in [0.2, 0.25) is 0 Å². The van der Waals surface area contributed by atoms with E-state index in [0.717, 1.165) is 6.42 Å². The highest BCUT2D eigenvalue weighted by Gasteiger charge is 2.21. The molecule has 2 rings (SSSR count). The molecule has 0 fully saturated rings. The Morgan fingerprint density at radius 3 is 2.50 bits per heavy atom. The highest BCUT2D eigenvalue weighted by Crippen LogP contribution is 2.18. The largest absolute Gasteiger partial charge is 0.338 e. The molecule has 2 aromatic rings. The van der Waals surface area contributed by atoms with Gasteiger partial charge < -0.3 is 4.52 Å². The lowest BCUT2D eigenvalue weighted by molar-refractivity contribution is 0.372. The lowest BCUT2D eigenvalue weighted by Crippen LogP contribution is -2.13. The molecule has 0 saturated heterocycles. The van der Waals surface area contributed by atoms with Crippen molar-refractivity contribution in [3.63, 3.8) is 0 Å². The minimum Gasteiger partial charge on any atom is -0.338 e. The Hall–Kier alpha value is -1.49. The maximum Gasteiger partial charge on any atom is 0.239 e. The third-order valence-corrected chi connectivity index (χ3v) is 4.11. The quantitative estimate of drug-likeness (QED) is 0.850. The van der Waals surface area contributed by atoms with Crippen LogP contribution in [-0.4, -0.2) is 20.1 Å². The lowest BCUT2D eigenvalue weighted by atomic mass is 9.96. The third-order valence-electron chi connectivity index (χ3n) is 2.88. The fourth-order valence-corrected chi connectivity index (χ4v) is 2.70. The van der Waals surface area contributed by atoms with Gasteiger partial charge >= 0.3 is 0 Å². The van der Waals surface area contributed by atoms with E-state index in [-0.39, 0.29) is 5.41 Å². The lowest BCUT2D eigenvalue weighted by Gasteiger charge is -2.10. The second-order valence-corrected chi connectivity index (χ2v) is 7.36. The van der Waals surface area contributed by atoms with Crippen LogP contribution in [0.25, 0.3) is 0 Å². The SMILES string of the molecule is CC(C)(C)c1noc(C[S@@](=O)CCc2ccccc2)n1. The average Bonchev–Trinajstić information content (AvgIpc) is 2.86. The van der Waals surface area contributed by atoms with Gasteiger partial charge in [-0.15, -0.1) is 0 Å². The average molecular weight is 292 g/mol. The molecule has 0 saturated carbocycles. The summed E-state index contributed by atoms with van der Waals surface area (Å²) >= 11 is 0. The van der Waals surface area contributed by atoms with Crippen molar-refractivity contribution in [1.29, 1.82) is 0 Å². The zero-order valence-corrected chi connectivity index (χ0v) is 12.9. The first kappa shape index (κ1) is 14.9. The highest BCUT2D eigenvalue weighted by molar-refractivity contribution is 7.84. The Balaban J connectivity index is 1.87. The first-order valence-electron chi connectivity index (χ1n) is 6.67. The third kappa shape index (κ3) is 4.27. The summed E-state index contributed by atoms with van der Waals surface area (Å²) in [6.07, 6.45) is 0.799. The Kier molecular flexibility index (Phi) is 4.70. The van der Waals surface area contributed by atoms with E-state index in [9.17, 15) is 4.21 Å². The number of benzene rings is 1. The molecule has 1 aromatic heterocycles. The van der Waals surface area contributed by atoms with E-state index in [2.05, 4.69) is 10.1 Å². The molecule has 0 aliphatic carbocycles. The number of rotatable bonds is 5. The Morgan fingerprint density at radius 1 is 1.20 bits per heavy atom. The molecule has 0 unspecified atom stereocenters. The van der Waals surface area contributed by atoms with Gasteiger partial charge in [0.1, 0.15) is 5.75 Å².